The molecular weight excluding hydrogens is 616 g/mol. The molecule has 4 amide bonds. The number of nitrogens with one attached hydrogen (secondary N) is 3. The Labute approximate surface area is 277 Å². The fraction of sp³-hybridized carbons (Fsp3) is 0.812. The maximum atomic E-state index is 13.1. The van der Waals surface area contributed by atoms with Gasteiger partial charge in [0.1, 0.15) is 31.8 Å². The van der Waals surface area contributed by atoms with E-state index in [1.54, 1.807) is 6.92 Å². The highest BCUT2D eigenvalue weighted by atomic mass is 16.7. The van der Waals surface area contributed by atoms with Crippen molar-refractivity contribution in [2.24, 2.45) is 10.8 Å². The van der Waals surface area contributed by atoms with Gasteiger partial charge in [-0.2, -0.15) is 0 Å². The minimum atomic E-state index is -0.952. The van der Waals surface area contributed by atoms with Crippen molar-refractivity contribution in [2.45, 2.75) is 117 Å². The summed E-state index contributed by atoms with van der Waals surface area (Å²) in [5, 5.41) is 27.4. The van der Waals surface area contributed by atoms with Crippen LogP contribution in [-0.4, -0.2) is 127 Å². The molecule has 1 rings (SSSR count). The average Bonchev–Trinajstić information content (AvgIpc) is 2.95. The first kappa shape index (κ1) is 42.0. The molecule has 0 aliphatic carbocycles. The van der Waals surface area contributed by atoms with Crippen LogP contribution in [0.15, 0.2) is 0 Å². The first-order chi connectivity index (χ1) is 21.8. The topological polar surface area (TPSA) is 210 Å². The van der Waals surface area contributed by atoms with E-state index in [4.69, 9.17) is 14.2 Å². The highest BCUT2D eigenvalue weighted by Gasteiger charge is 2.34. The van der Waals surface area contributed by atoms with Gasteiger partial charge in [0.15, 0.2) is 6.29 Å². The number of hydrogen-bond acceptors (Lipinski definition) is 11. The van der Waals surface area contributed by atoms with Crippen molar-refractivity contribution >= 4 is 36.2 Å². The highest BCUT2D eigenvalue weighted by molar-refractivity contribution is 5.91. The van der Waals surface area contributed by atoms with Crippen LogP contribution in [0.2, 0.25) is 0 Å². The van der Waals surface area contributed by atoms with Gasteiger partial charge in [-0.25, -0.2) is 0 Å². The van der Waals surface area contributed by atoms with E-state index < -0.39 is 73.4 Å². The van der Waals surface area contributed by atoms with E-state index in [9.17, 15) is 39.0 Å². The molecule has 0 aromatic rings. The summed E-state index contributed by atoms with van der Waals surface area (Å²) in [5.74, 6) is -2.37. The summed E-state index contributed by atoms with van der Waals surface area (Å²) in [6, 6.07) is -1.58. The second kappa shape index (κ2) is 20.4. The molecular formula is C32H56N4O11. The first-order valence-corrected chi connectivity index (χ1v) is 16.1. The van der Waals surface area contributed by atoms with Crippen LogP contribution in [0.5, 0.6) is 0 Å². The van der Waals surface area contributed by atoms with Crippen molar-refractivity contribution < 1.29 is 53.2 Å². The molecule has 1 aliphatic rings. The van der Waals surface area contributed by atoms with E-state index in [2.05, 4.69) is 16.0 Å². The van der Waals surface area contributed by atoms with E-state index in [1.807, 2.05) is 41.5 Å². The molecule has 1 saturated heterocycles. The standard InChI is InChI=1S/C32H56N4O11/c1-21-24(39)14-25(40)30(47-21)46-13-12-45-11-10-33-26(41)8-9-29(44)36(17-27(42)34-22(19-37)15-31(2,3)4)18-28(43)35-23(20-38)16-32(5,6)7/h19-25,30,39-40H,8-18H2,1-7H3,(H,33,41)(H,34,42)(H,35,43)/t21-,22-,23-,24+,25+,30+/m0/s1. The Morgan fingerprint density at radius 2 is 1.36 bits per heavy atom. The number of aliphatic hydroxyl groups excluding tert-OH is 2. The van der Waals surface area contributed by atoms with Gasteiger partial charge in [-0.15, -0.1) is 0 Å². The minimum absolute atomic E-state index is 0.123. The van der Waals surface area contributed by atoms with Gasteiger partial charge in [0.2, 0.25) is 23.6 Å². The number of nitrogens with zero attached hydrogens (tertiary/aromatic N) is 1. The quantitative estimate of drug-likeness (QED) is 0.0848. The summed E-state index contributed by atoms with van der Waals surface area (Å²) in [4.78, 5) is 75.1. The van der Waals surface area contributed by atoms with Gasteiger partial charge in [0.05, 0.1) is 44.1 Å². The molecule has 1 aliphatic heterocycles. The molecule has 0 aromatic heterocycles. The third-order valence-corrected chi connectivity index (χ3v) is 7.04. The number of carbonyl (C=O) groups excluding carboxylic acids is 6. The van der Waals surface area contributed by atoms with Crippen molar-refractivity contribution in [1.29, 1.82) is 0 Å². The first-order valence-electron chi connectivity index (χ1n) is 16.1. The molecule has 15 heteroatoms. The highest BCUT2D eigenvalue weighted by Crippen LogP contribution is 2.22. The van der Waals surface area contributed by atoms with E-state index >= 15 is 0 Å². The summed E-state index contributed by atoms with van der Waals surface area (Å²) < 4.78 is 16.3. The van der Waals surface area contributed by atoms with Crippen LogP contribution in [0.3, 0.4) is 0 Å². The molecule has 0 unspecified atom stereocenters. The molecule has 5 N–H and O–H groups in total. The smallest absolute Gasteiger partial charge is 0.240 e. The zero-order valence-corrected chi connectivity index (χ0v) is 28.9. The number of hydrogen-bond donors (Lipinski definition) is 5. The van der Waals surface area contributed by atoms with E-state index in [0.29, 0.717) is 25.4 Å². The predicted octanol–water partition coefficient (Wildman–Crippen LogP) is -0.159. The van der Waals surface area contributed by atoms with Gasteiger partial charge in [-0.05, 0) is 30.6 Å². The summed E-state index contributed by atoms with van der Waals surface area (Å²) in [6.45, 7) is 12.7. The van der Waals surface area contributed by atoms with Crippen LogP contribution in [0.4, 0.5) is 0 Å². The molecule has 270 valence electrons. The molecule has 0 bridgehead atoms. The lowest BCUT2D eigenvalue weighted by atomic mass is 9.88. The summed E-state index contributed by atoms with van der Waals surface area (Å²) in [6.07, 6.45) is -1.44. The molecule has 0 spiro atoms. The van der Waals surface area contributed by atoms with Gasteiger partial charge >= 0.3 is 0 Å². The van der Waals surface area contributed by atoms with Crippen molar-refractivity contribution in [3.8, 4) is 0 Å². The van der Waals surface area contributed by atoms with Gasteiger partial charge in [0.25, 0.3) is 0 Å². The third kappa shape index (κ3) is 18.8. The monoisotopic (exact) mass is 672 g/mol. The summed E-state index contributed by atoms with van der Waals surface area (Å²) in [7, 11) is 0. The molecule has 0 aromatic carbocycles. The second-order valence-corrected chi connectivity index (χ2v) is 14.3. The number of rotatable bonds is 20. The Morgan fingerprint density at radius 3 is 1.85 bits per heavy atom. The summed E-state index contributed by atoms with van der Waals surface area (Å²) in [5.41, 5.74) is -0.510. The minimum Gasteiger partial charge on any atom is -0.390 e. The van der Waals surface area contributed by atoms with Crippen molar-refractivity contribution in [1.82, 2.24) is 20.9 Å². The zero-order valence-electron chi connectivity index (χ0n) is 28.9. The molecule has 47 heavy (non-hydrogen) atoms. The number of ether oxygens (including phenoxy) is 3. The van der Waals surface area contributed by atoms with E-state index in [-0.39, 0.29) is 56.5 Å². The van der Waals surface area contributed by atoms with Crippen LogP contribution in [0, 0.1) is 10.8 Å². The van der Waals surface area contributed by atoms with Gasteiger partial charge < -0.3 is 54.9 Å². The van der Waals surface area contributed by atoms with Gasteiger partial charge in [0, 0.05) is 25.8 Å². The fourth-order valence-corrected chi connectivity index (χ4v) is 4.82. The zero-order chi connectivity index (χ0) is 35.8. The van der Waals surface area contributed by atoms with Crippen LogP contribution in [-0.2, 0) is 43.0 Å². The molecule has 1 fully saturated rings. The van der Waals surface area contributed by atoms with Crippen molar-refractivity contribution in [3.63, 3.8) is 0 Å². The Kier molecular flexibility index (Phi) is 18.2. The van der Waals surface area contributed by atoms with Gasteiger partial charge in [-0.1, -0.05) is 41.5 Å². The maximum absolute atomic E-state index is 13.1. The van der Waals surface area contributed by atoms with Crippen LogP contribution >= 0.6 is 0 Å². The number of carbonyl (C=O) groups is 6. The van der Waals surface area contributed by atoms with Gasteiger partial charge in [-0.3, -0.25) is 19.2 Å². The third-order valence-electron chi connectivity index (χ3n) is 7.04. The predicted molar refractivity (Wildman–Crippen MR) is 171 cm³/mol. The molecule has 0 radical (unpaired) electrons. The lowest BCUT2D eigenvalue weighted by Gasteiger charge is -2.35. The second-order valence-electron chi connectivity index (χ2n) is 14.3. The number of aliphatic hydroxyl groups is 2. The number of amides is 4. The van der Waals surface area contributed by atoms with Crippen LogP contribution in [0.1, 0.15) is 80.6 Å². The largest absolute Gasteiger partial charge is 0.390 e. The maximum Gasteiger partial charge on any atom is 0.240 e. The Bertz CT molecular complexity index is 984. The average molecular weight is 673 g/mol. The Morgan fingerprint density at radius 1 is 0.830 bits per heavy atom. The normalized spacial score (nSPS) is 21.2. The van der Waals surface area contributed by atoms with Crippen LogP contribution in [0.25, 0.3) is 0 Å². The van der Waals surface area contributed by atoms with Crippen LogP contribution < -0.4 is 16.0 Å². The molecule has 1 heterocycles. The molecule has 6 atom stereocenters. The van der Waals surface area contributed by atoms with Crippen molar-refractivity contribution in [3.05, 3.63) is 0 Å². The summed E-state index contributed by atoms with van der Waals surface area (Å²) >= 11 is 0. The SMILES string of the molecule is C[C@@H]1O[C@@H](OCCOCCNC(=O)CCC(=O)N(CC(=O)N[C@H](C=O)CC(C)(C)C)CC(=O)N[C@H](C=O)CC(C)(C)C)[C@H](O)C[C@H]1O. The van der Waals surface area contributed by atoms with Crippen molar-refractivity contribution in [2.75, 3.05) is 39.5 Å². The Balaban J connectivity index is 2.60. The Hall–Kier alpha value is -2.98. The lowest BCUT2D eigenvalue weighted by molar-refractivity contribution is -0.263. The van der Waals surface area contributed by atoms with E-state index in [1.165, 1.54) is 0 Å². The fourth-order valence-electron chi connectivity index (χ4n) is 4.82. The lowest BCUT2D eigenvalue weighted by Crippen LogP contribution is -2.50. The molecule has 15 nitrogen and oxygen atoms in total. The molecule has 0 saturated carbocycles. The number of aldehydes is 2. The van der Waals surface area contributed by atoms with E-state index in [0.717, 1.165) is 4.90 Å².